The highest BCUT2D eigenvalue weighted by atomic mass is 32.2. The molecule has 0 unspecified atom stereocenters. The van der Waals surface area contributed by atoms with Crippen LogP contribution in [0.1, 0.15) is 41.8 Å². The number of carbonyl (C=O) groups is 1. The van der Waals surface area contributed by atoms with Crippen molar-refractivity contribution in [3.05, 3.63) is 65.2 Å². The Hall–Kier alpha value is -2.18. The SMILES string of the molecule is Cc1ccc(COC(=O)c2ccc(S(=O)(=O)N3C[C@@H](C)C[C@H](C)C3)cc2)cc1. The molecule has 3 rings (SSSR count). The van der Waals surface area contributed by atoms with Gasteiger partial charge in [-0.05, 0) is 55.0 Å². The highest BCUT2D eigenvalue weighted by Crippen LogP contribution is 2.26. The van der Waals surface area contributed by atoms with Gasteiger partial charge in [-0.3, -0.25) is 0 Å². The third-order valence-electron chi connectivity index (χ3n) is 5.05. The van der Waals surface area contributed by atoms with Gasteiger partial charge in [0.25, 0.3) is 0 Å². The third-order valence-corrected chi connectivity index (χ3v) is 6.90. The Kier molecular flexibility index (Phi) is 6.20. The van der Waals surface area contributed by atoms with Gasteiger partial charge in [0.15, 0.2) is 0 Å². The van der Waals surface area contributed by atoms with E-state index in [2.05, 4.69) is 13.8 Å². The van der Waals surface area contributed by atoms with Crippen LogP contribution in [-0.2, 0) is 21.4 Å². The average Bonchev–Trinajstić information content (AvgIpc) is 2.66. The Bertz CT molecular complexity index is 910. The molecule has 0 amide bonds. The molecular weight excluding hydrogens is 374 g/mol. The molecule has 1 aliphatic rings. The van der Waals surface area contributed by atoms with Gasteiger partial charge in [-0.1, -0.05) is 43.7 Å². The summed E-state index contributed by atoms with van der Waals surface area (Å²) in [5, 5.41) is 0. The summed E-state index contributed by atoms with van der Waals surface area (Å²) in [5.41, 5.74) is 2.39. The van der Waals surface area contributed by atoms with E-state index in [0.717, 1.165) is 17.5 Å². The van der Waals surface area contributed by atoms with Gasteiger partial charge >= 0.3 is 5.97 Å². The number of aryl methyl sites for hydroxylation is 1. The van der Waals surface area contributed by atoms with Gasteiger partial charge in [0.05, 0.1) is 10.5 Å². The zero-order chi connectivity index (χ0) is 20.3. The topological polar surface area (TPSA) is 63.7 Å². The Morgan fingerprint density at radius 2 is 1.57 bits per heavy atom. The monoisotopic (exact) mass is 401 g/mol. The zero-order valence-corrected chi connectivity index (χ0v) is 17.4. The fourth-order valence-electron chi connectivity index (χ4n) is 3.63. The Morgan fingerprint density at radius 1 is 1.00 bits per heavy atom. The van der Waals surface area contributed by atoms with Gasteiger partial charge in [-0.2, -0.15) is 4.31 Å². The number of benzene rings is 2. The first-order valence-corrected chi connectivity index (χ1v) is 11.0. The second-order valence-corrected chi connectivity index (χ2v) is 9.79. The maximum absolute atomic E-state index is 12.9. The van der Waals surface area contributed by atoms with Gasteiger partial charge in [0.1, 0.15) is 6.61 Å². The van der Waals surface area contributed by atoms with E-state index in [4.69, 9.17) is 4.74 Å². The smallest absolute Gasteiger partial charge is 0.338 e. The Morgan fingerprint density at radius 3 is 2.14 bits per heavy atom. The Labute approximate surface area is 167 Å². The number of hydrogen-bond donors (Lipinski definition) is 0. The molecule has 1 heterocycles. The van der Waals surface area contributed by atoms with Crippen LogP contribution in [0.3, 0.4) is 0 Å². The third kappa shape index (κ3) is 4.80. The lowest BCUT2D eigenvalue weighted by atomic mass is 9.94. The van der Waals surface area contributed by atoms with Crippen molar-refractivity contribution in [3.63, 3.8) is 0 Å². The molecule has 0 aliphatic carbocycles. The molecule has 28 heavy (non-hydrogen) atoms. The van der Waals surface area contributed by atoms with Crippen LogP contribution in [0.25, 0.3) is 0 Å². The molecule has 0 saturated carbocycles. The van der Waals surface area contributed by atoms with Crippen molar-refractivity contribution < 1.29 is 17.9 Å². The van der Waals surface area contributed by atoms with Gasteiger partial charge < -0.3 is 4.74 Å². The number of carbonyl (C=O) groups excluding carboxylic acids is 1. The van der Waals surface area contributed by atoms with E-state index in [-0.39, 0.29) is 11.5 Å². The van der Waals surface area contributed by atoms with E-state index in [1.807, 2.05) is 31.2 Å². The van der Waals surface area contributed by atoms with E-state index < -0.39 is 16.0 Å². The molecule has 0 spiro atoms. The summed E-state index contributed by atoms with van der Waals surface area (Å²) in [5.74, 6) is 0.217. The minimum atomic E-state index is -3.55. The molecule has 2 atom stereocenters. The minimum absolute atomic E-state index is 0.183. The van der Waals surface area contributed by atoms with E-state index >= 15 is 0 Å². The number of hydrogen-bond acceptors (Lipinski definition) is 4. The van der Waals surface area contributed by atoms with Crippen LogP contribution in [-0.4, -0.2) is 31.8 Å². The fourth-order valence-corrected chi connectivity index (χ4v) is 5.31. The summed E-state index contributed by atoms with van der Waals surface area (Å²) in [4.78, 5) is 12.5. The van der Waals surface area contributed by atoms with Crippen molar-refractivity contribution in [1.82, 2.24) is 4.31 Å². The summed E-state index contributed by atoms with van der Waals surface area (Å²) in [7, 11) is -3.55. The largest absolute Gasteiger partial charge is 0.457 e. The van der Waals surface area contributed by atoms with E-state index in [9.17, 15) is 13.2 Å². The normalized spacial score (nSPS) is 20.7. The number of nitrogens with zero attached hydrogens (tertiary/aromatic N) is 1. The van der Waals surface area contributed by atoms with Crippen molar-refractivity contribution in [2.75, 3.05) is 13.1 Å². The van der Waals surface area contributed by atoms with Crippen LogP contribution < -0.4 is 0 Å². The predicted molar refractivity (Wildman–Crippen MR) is 108 cm³/mol. The summed E-state index contributed by atoms with van der Waals surface area (Å²) in [6, 6.07) is 13.8. The number of piperidine rings is 1. The summed E-state index contributed by atoms with van der Waals surface area (Å²) in [6.07, 6.45) is 1.04. The number of esters is 1. The second-order valence-electron chi connectivity index (χ2n) is 7.85. The molecular formula is C22H27NO4S. The maximum atomic E-state index is 12.9. The van der Waals surface area contributed by atoms with Crippen LogP contribution in [0.4, 0.5) is 0 Å². The second kappa shape index (κ2) is 8.45. The number of rotatable bonds is 5. The summed E-state index contributed by atoms with van der Waals surface area (Å²) >= 11 is 0. The molecule has 1 aliphatic heterocycles. The zero-order valence-electron chi connectivity index (χ0n) is 16.6. The highest BCUT2D eigenvalue weighted by molar-refractivity contribution is 7.89. The van der Waals surface area contributed by atoms with Crippen LogP contribution in [0.5, 0.6) is 0 Å². The van der Waals surface area contributed by atoms with Crippen LogP contribution in [0, 0.1) is 18.8 Å². The number of sulfonamides is 1. The molecule has 0 bridgehead atoms. The molecule has 5 nitrogen and oxygen atoms in total. The quantitative estimate of drug-likeness (QED) is 0.710. The Balaban J connectivity index is 1.66. The van der Waals surface area contributed by atoms with Crippen molar-refractivity contribution in [1.29, 1.82) is 0 Å². The van der Waals surface area contributed by atoms with E-state index in [1.165, 1.54) is 24.3 Å². The highest BCUT2D eigenvalue weighted by Gasteiger charge is 2.31. The van der Waals surface area contributed by atoms with Crippen LogP contribution in [0.15, 0.2) is 53.4 Å². The van der Waals surface area contributed by atoms with Crippen molar-refractivity contribution in [2.24, 2.45) is 11.8 Å². The lowest BCUT2D eigenvalue weighted by Crippen LogP contribution is -2.42. The molecule has 150 valence electrons. The molecule has 2 aromatic rings. The summed E-state index contributed by atoms with van der Waals surface area (Å²) < 4.78 is 32.7. The van der Waals surface area contributed by atoms with Gasteiger partial charge in [-0.25, -0.2) is 13.2 Å². The number of ether oxygens (including phenoxy) is 1. The van der Waals surface area contributed by atoms with E-state index in [0.29, 0.717) is 30.5 Å². The van der Waals surface area contributed by atoms with Gasteiger partial charge in [0, 0.05) is 13.1 Å². The molecule has 1 fully saturated rings. The molecule has 0 N–H and O–H groups in total. The molecule has 1 saturated heterocycles. The van der Waals surface area contributed by atoms with Gasteiger partial charge in [0.2, 0.25) is 10.0 Å². The first-order valence-electron chi connectivity index (χ1n) is 9.58. The predicted octanol–water partition coefficient (Wildman–Crippen LogP) is 4.02. The summed E-state index contributed by atoms with van der Waals surface area (Å²) in [6.45, 7) is 7.40. The molecule has 6 heteroatoms. The lowest BCUT2D eigenvalue weighted by Gasteiger charge is -2.34. The first kappa shape index (κ1) is 20.6. The molecule has 0 aromatic heterocycles. The lowest BCUT2D eigenvalue weighted by molar-refractivity contribution is 0.0472. The fraction of sp³-hybridized carbons (Fsp3) is 0.409. The molecule has 2 aromatic carbocycles. The first-order chi connectivity index (χ1) is 13.3. The minimum Gasteiger partial charge on any atom is -0.457 e. The van der Waals surface area contributed by atoms with Crippen LogP contribution >= 0.6 is 0 Å². The average molecular weight is 402 g/mol. The van der Waals surface area contributed by atoms with Crippen molar-refractivity contribution in [2.45, 2.75) is 38.7 Å². The van der Waals surface area contributed by atoms with E-state index in [1.54, 1.807) is 4.31 Å². The van der Waals surface area contributed by atoms with Crippen molar-refractivity contribution in [3.8, 4) is 0 Å². The molecule has 0 radical (unpaired) electrons. The standard InChI is InChI=1S/C22H27NO4S/c1-16-4-6-19(7-5-16)15-27-22(24)20-8-10-21(11-9-20)28(25,26)23-13-17(2)12-18(3)14-23/h4-11,17-18H,12-15H2,1-3H3/t17-,18-/m0/s1. The van der Waals surface area contributed by atoms with Crippen molar-refractivity contribution >= 4 is 16.0 Å². The van der Waals surface area contributed by atoms with Crippen LogP contribution in [0.2, 0.25) is 0 Å². The van der Waals surface area contributed by atoms with Gasteiger partial charge in [-0.15, -0.1) is 0 Å². The maximum Gasteiger partial charge on any atom is 0.338 e.